The summed E-state index contributed by atoms with van der Waals surface area (Å²) in [5, 5.41) is 6.03. The summed E-state index contributed by atoms with van der Waals surface area (Å²) in [5.41, 5.74) is 1.29. The van der Waals surface area contributed by atoms with Gasteiger partial charge in [0.25, 0.3) is 5.91 Å². The quantitative estimate of drug-likeness (QED) is 0.725. The molecule has 0 aliphatic carbocycles. The molecule has 1 aromatic heterocycles. The fourth-order valence-electron chi connectivity index (χ4n) is 2.10. The van der Waals surface area contributed by atoms with Gasteiger partial charge in [-0.15, -0.1) is 6.58 Å². The molecule has 1 saturated heterocycles. The summed E-state index contributed by atoms with van der Waals surface area (Å²) < 4.78 is 5.29. The van der Waals surface area contributed by atoms with Crippen molar-refractivity contribution in [1.29, 1.82) is 0 Å². The largest absolute Gasteiger partial charge is 0.381 e. The number of nitrogens with zero attached hydrogens (tertiary/aromatic N) is 2. The Morgan fingerprint density at radius 2 is 2.29 bits per heavy atom. The Labute approximate surface area is 125 Å². The number of anilines is 1. The van der Waals surface area contributed by atoms with Crippen LogP contribution in [-0.4, -0.2) is 61.7 Å². The molecule has 0 atom stereocenters. The van der Waals surface area contributed by atoms with Gasteiger partial charge in [-0.05, 0) is 12.1 Å². The van der Waals surface area contributed by atoms with Gasteiger partial charge >= 0.3 is 0 Å². The first kappa shape index (κ1) is 15.5. The predicted molar refractivity (Wildman–Crippen MR) is 82.5 cm³/mol. The topological polar surface area (TPSA) is 66.5 Å². The number of nitrogens with one attached hydrogen (secondary N) is 2. The Kier molecular flexibility index (Phi) is 6.18. The summed E-state index contributed by atoms with van der Waals surface area (Å²) in [4.78, 5) is 18.4. The summed E-state index contributed by atoms with van der Waals surface area (Å²) >= 11 is 0. The minimum atomic E-state index is -0.148. The lowest BCUT2D eigenvalue weighted by Crippen LogP contribution is -2.41. The summed E-state index contributed by atoms with van der Waals surface area (Å²) in [6.07, 6.45) is 3.39. The fraction of sp³-hybridized carbons (Fsp3) is 0.467. The van der Waals surface area contributed by atoms with Crippen LogP contribution in [-0.2, 0) is 4.74 Å². The van der Waals surface area contributed by atoms with E-state index in [9.17, 15) is 4.79 Å². The number of ether oxygens (including phenoxy) is 1. The van der Waals surface area contributed by atoms with E-state index in [1.165, 1.54) is 0 Å². The molecule has 1 aromatic rings. The minimum Gasteiger partial charge on any atom is -0.381 e. The molecule has 2 rings (SSSR count). The standard InChI is InChI=1S/C15H22N4O2/c1-2-4-16-13-3-5-17-14(12-13)15(20)18-6-7-19-8-10-21-11-9-19/h2-3,5,12H,1,4,6-11H2,(H,16,17)(H,18,20). The molecular weight excluding hydrogens is 268 g/mol. The monoisotopic (exact) mass is 290 g/mol. The van der Waals surface area contributed by atoms with Gasteiger partial charge in [0.1, 0.15) is 5.69 Å². The molecule has 0 unspecified atom stereocenters. The lowest BCUT2D eigenvalue weighted by atomic mass is 10.3. The normalized spacial score (nSPS) is 15.4. The van der Waals surface area contributed by atoms with E-state index >= 15 is 0 Å². The molecule has 114 valence electrons. The highest BCUT2D eigenvalue weighted by Gasteiger charge is 2.11. The Bertz CT molecular complexity index is 472. The van der Waals surface area contributed by atoms with Crippen molar-refractivity contribution in [2.24, 2.45) is 0 Å². The van der Waals surface area contributed by atoms with Gasteiger partial charge in [0, 0.05) is 44.6 Å². The Morgan fingerprint density at radius 1 is 1.48 bits per heavy atom. The number of carbonyl (C=O) groups excluding carboxylic acids is 1. The third kappa shape index (κ3) is 5.17. The van der Waals surface area contributed by atoms with Gasteiger partial charge < -0.3 is 15.4 Å². The van der Waals surface area contributed by atoms with E-state index in [1.807, 2.05) is 6.07 Å². The smallest absolute Gasteiger partial charge is 0.269 e. The molecule has 2 heterocycles. The van der Waals surface area contributed by atoms with Gasteiger partial charge in [-0.2, -0.15) is 0 Å². The van der Waals surface area contributed by atoms with Crippen molar-refractivity contribution < 1.29 is 9.53 Å². The maximum absolute atomic E-state index is 12.0. The fourth-order valence-corrected chi connectivity index (χ4v) is 2.10. The number of hydrogen-bond acceptors (Lipinski definition) is 5. The van der Waals surface area contributed by atoms with E-state index in [0.717, 1.165) is 38.5 Å². The molecule has 0 spiro atoms. The van der Waals surface area contributed by atoms with Crippen LogP contribution >= 0.6 is 0 Å². The SMILES string of the molecule is C=CCNc1ccnc(C(=O)NCCN2CCOCC2)c1. The highest BCUT2D eigenvalue weighted by molar-refractivity contribution is 5.93. The first-order valence-electron chi connectivity index (χ1n) is 7.18. The van der Waals surface area contributed by atoms with E-state index in [1.54, 1.807) is 18.3 Å². The second-order valence-electron chi connectivity index (χ2n) is 4.81. The van der Waals surface area contributed by atoms with Crippen LogP contribution in [0.5, 0.6) is 0 Å². The van der Waals surface area contributed by atoms with Crippen LogP contribution in [0.2, 0.25) is 0 Å². The Balaban J connectivity index is 1.78. The van der Waals surface area contributed by atoms with E-state index in [-0.39, 0.29) is 5.91 Å². The number of rotatable bonds is 7. The molecule has 1 aliphatic rings. The molecule has 21 heavy (non-hydrogen) atoms. The first-order chi connectivity index (χ1) is 10.3. The molecule has 0 radical (unpaired) electrons. The van der Waals surface area contributed by atoms with Crippen LogP contribution in [0.1, 0.15) is 10.5 Å². The molecule has 2 N–H and O–H groups in total. The van der Waals surface area contributed by atoms with Gasteiger partial charge in [-0.3, -0.25) is 14.7 Å². The van der Waals surface area contributed by atoms with Gasteiger partial charge in [0.15, 0.2) is 0 Å². The lowest BCUT2D eigenvalue weighted by molar-refractivity contribution is 0.0383. The molecule has 1 aliphatic heterocycles. The van der Waals surface area contributed by atoms with Gasteiger partial charge in [0.05, 0.1) is 13.2 Å². The molecule has 6 nitrogen and oxygen atoms in total. The van der Waals surface area contributed by atoms with Crippen molar-refractivity contribution in [2.75, 3.05) is 51.3 Å². The van der Waals surface area contributed by atoms with Crippen LogP contribution in [0.15, 0.2) is 31.0 Å². The highest BCUT2D eigenvalue weighted by atomic mass is 16.5. The molecule has 6 heteroatoms. The Hall–Kier alpha value is -1.92. The minimum absolute atomic E-state index is 0.148. The van der Waals surface area contributed by atoms with Crippen LogP contribution in [0.3, 0.4) is 0 Å². The molecule has 0 aromatic carbocycles. The molecule has 1 fully saturated rings. The lowest BCUT2D eigenvalue weighted by Gasteiger charge is -2.26. The highest BCUT2D eigenvalue weighted by Crippen LogP contribution is 2.07. The van der Waals surface area contributed by atoms with E-state index < -0.39 is 0 Å². The number of hydrogen-bond donors (Lipinski definition) is 2. The number of aromatic nitrogens is 1. The average Bonchev–Trinajstić information content (AvgIpc) is 2.54. The van der Waals surface area contributed by atoms with Crippen molar-refractivity contribution in [3.63, 3.8) is 0 Å². The zero-order valence-electron chi connectivity index (χ0n) is 12.2. The molecular formula is C15H22N4O2. The summed E-state index contributed by atoms with van der Waals surface area (Å²) in [7, 11) is 0. The van der Waals surface area contributed by atoms with Crippen molar-refractivity contribution in [2.45, 2.75) is 0 Å². The first-order valence-corrected chi connectivity index (χ1v) is 7.18. The number of amides is 1. The van der Waals surface area contributed by atoms with E-state index in [2.05, 4.69) is 27.1 Å². The van der Waals surface area contributed by atoms with Crippen LogP contribution in [0.25, 0.3) is 0 Å². The molecule has 1 amide bonds. The van der Waals surface area contributed by atoms with Gasteiger partial charge in [0.2, 0.25) is 0 Å². The maximum atomic E-state index is 12.0. The second-order valence-corrected chi connectivity index (χ2v) is 4.81. The maximum Gasteiger partial charge on any atom is 0.269 e. The average molecular weight is 290 g/mol. The van der Waals surface area contributed by atoms with Crippen molar-refractivity contribution in [3.8, 4) is 0 Å². The zero-order valence-corrected chi connectivity index (χ0v) is 12.2. The van der Waals surface area contributed by atoms with Crippen LogP contribution in [0, 0.1) is 0 Å². The summed E-state index contributed by atoms with van der Waals surface area (Å²) in [5.74, 6) is -0.148. The van der Waals surface area contributed by atoms with Gasteiger partial charge in [-0.1, -0.05) is 6.08 Å². The number of morpholine rings is 1. The van der Waals surface area contributed by atoms with E-state index in [4.69, 9.17) is 4.74 Å². The van der Waals surface area contributed by atoms with Crippen molar-refractivity contribution in [1.82, 2.24) is 15.2 Å². The zero-order chi connectivity index (χ0) is 14.9. The number of pyridine rings is 1. The van der Waals surface area contributed by atoms with Crippen LogP contribution in [0.4, 0.5) is 5.69 Å². The summed E-state index contributed by atoms with van der Waals surface area (Å²) in [6.45, 7) is 9.15. The Morgan fingerprint density at radius 3 is 3.05 bits per heavy atom. The molecule has 0 saturated carbocycles. The van der Waals surface area contributed by atoms with Crippen molar-refractivity contribution in [3.05, 3.63) is 36.7 Å². The van der Waals surface area contributed by atoms with Gasteiger partial charge in [-0.25, -0.2) is 0 Å². The van der Waals surface area contributed by atoms with E-state index in [0.29, 0.717) is 18.8 Å². The molecule has 0 bridgehead atoms. The third-order valence-electron chi connectivity index (χ3n) is 3.26. The second kappa shape index (κ2) is 8.39. The predicted octanol–water partition coefficient (Wildman–Crippen LogP) is 0.741. The van der Waals surface area contributed by atoms with Crippen molar-refractivity contribution >= 4 is 11.6 Å². The van der Waals surface area contributed by atoms with Crippen LogP contribution < -0.4 is 10.6 Å². The number of carbonyl (C=O) groups is 1. The summed E-state index contributed by atoms with van der Waals surface area (Å²) in [6, 6.07) is 3.57. The third-order valence-corrected chi connectivity index (χ3v) is 3.26.